The largest absolute Gasteiger partial charge is 0.480 e. The normalized spacial score (nSPS) is 10.0. The molecule has 0 aliphatic carbocycles. The Bertz CT molecular complexity index is 917. The lowest BCUT2D eigenvalue weighted by molar-refractivity contribution is -0.139. The Labute approximate surface area is 172 Å². The quantitative estimate of drug-likeness (QED) is 0.384. The number of carboxylic acids is 1. The van der Waals surface area contributed by atoms with Crippen LogP contribution in [0.2, 0.25) is 0 Å². The van der Waals surface area contributed by atoms with E-state index in [9.17, 15) is 19.5 Å². The molecule has 1 unspecified atom stereocenters. The number of carbonyl (C=O) groups excluding carboxylic acids is 2. The highest BCUT2D eigenvalue weighted by atomic mass is 16.5. The zero-order valence-corrected chi connectivity index (χ0v) is 15.8. The third-order valence-corrected chi connectivity index (χ3v) is 3.46. The topological polar surface area (TPSA) is 166 Å². The van der Waals surface area contributed by atoms with E-state index in [2.05, 4.69) is 14.9 Å². The highest BCUT2D eigenvalue weighted by molar-refractivity contribution is 6.50. The smallest absolute Gasteiger partial charge is 0.408 e. The predicted molar refractivity (Wildman–Crippen MR) is 106 cm³/mol. The van der Waals surface area contributed by atoms with Crippen LogP contribution in [0.5, 0.6) is 0 Å². The van der Waals surface area contributed by atoms with Crippen LogP contribution < -0.4 is 5.32 Å². The minimum atomic E-state index is -1.10. The van der Waals surface area contributed by atoms with E-state index in [1.165, 1.54) is 0 Å². The molecule has 2 rings (SSSR count). The molecule has 154 valence electrons. The zero-order chi connectivity index (χ0) is 22.2. The molecule has 0 radical (unpaired) electrons. The number of Topliss-reactive ketones (excluding diaryl/α,β-unsaturated/α-hetero) is 1. The average Bonchev–Trinajstić information content (AvgIpc) is 2.74. The van der Waals surface area contributed by atoms with Gasteiger partial charge in [-0.1, -0.05) is 60.7 Å². The van der Waals surface area contributed by atoms with Crippen LogP contribution in [0, 0.1) is 0 Å². The van der Waals surface area contributed by atoms with Crippen molar-refractivity contribution in [3.63, 3.8) is 0 Å². The summed E-state index contributed by atoms with van der Waals surface area (Å²) in [5.41, 5.74) is 17.0. The molecule has 0 saturated heterocycles. The van der Waals surface area contributed by atoms with Gasteiger partial charge < -0.3 is 26.2 Å². The first-order valence-electron chi connectivity index (χ1n) is 8.59. The molecule has 0 aromatic heterocycles. The molecule has 1 amide bonds. The molecule has 2 aromatic rings. The molecule has 0 aliphatic heterocycles. The summed E-state index contributed by atoms with van der Waals surface area (Å²) < 4.78 is 5.03. The Kier molecular flexibility index (Phi) is 10.8. The van der Waals surface area contributed by atoms with Crippen molar-refractivity contribution in [1.29, 1.82) is 0 Å². The molecule has 1 atom stereocenters. The number of nitrogens with zero attached hydrogens (tertiary/aromatic N) is 4. The van der Waals surface area contributed by atoms with Gasteiger partial charge in [-0.15, -0.1) is 0 Å². The number of alkyl carbamates (subject to hydrolysis) is 1. The molecule has 30 heavy (non-hydrogen) atoms. The highest BCUT2D eigenvalue weighted by Crippen LogP contribution is 2.05. The molecule has 0 spiro atoms. The minimum absolute atomic E-state index is 0.102. The number of rotatable bonds is 8. The molecule has 2 aromatic carbocycles. The Morgan fingerprint density at radius 3 is 1.90 bits per heavy atom. The summed E-state index contributed by atoms with van der Waals surface area (Å²) in [6, 6.07) is 17.3. The lowest BCUT2D eigenvalue weighted by Crippen LogP contribution is -2.42. The first-order valence-corrected chi connectivity index (χ1v) is 8.59. The molecule has 0 heterocycles. The van der Waals surface area contributed by atoms with Crippen LogP contribution in [0.4, 0.5) is 4.79 Å². The summed E-state index contributed by atoms with van der Waals surface area (Å²) in [7, 11) is 0. The SMILES string of the molecule is O=C(NC(Cc1ccccc1)C(=O)O)OCc1ccccc1.[N-]=[N+]=CC(=O)C=[N+]=[N-]. The van der Waals surface area contributed by atoms with Crippen LogP contribution in [0.25, 0.3) is 11.1 Å². The highest BCUT2D eigenvalue weighted by Gasteiger charge is 2.21. The summed E-state index contributed by atoms with van der Waals surface area (Å²) in [5, 5.41) is 11.6. The second-order valence-corrected chi connectivity index (χ2v) is 5.68. The fraction of sp³-hybridized carbons (Fsp3) is 0.150. The standard InChI is InChI=1S/C17H17NO4.C3H2N4O/c19-16(20)15(11-13-7-3-1-4-8-13)18-17(21)22-12-14-9-5-2-6-10-14;4-6-1-3(8)2-7-5/h1-10,15H,11-12H2,(H,18,21)(H,19,20);1-2H. The van der Waals surface area contributed by atoms with E-state index >= 15 is 0 Å². The maximum Gasteiger partial charge on any atom is 0.408 e. The van der Waals surface area contributed by atoms with Crippen molar-refractivity contribution in [2.75, 3.05) is 0 Å². The van der Waals surface area contributed by atoms with Crippen molar-refractivity contribution in [2.45, 2.75) is 19.1 Å². The Morgan fingerprint density at radius 1 is 0.933 bits per heavy atom. The van der Waals surface area contributed by atoms with Gasteiger partial charge >= 0.3 is 30.3 Å². The van der Waals surface area contributed by atoms with E-state index < -0.39 is 23.9 Å². The van der Waals surface area contributed by atoms with Gasteiger partial charge in [0.1, 0.15) is 12.6 Å². The summed E-state index contributed by atoms with van der Waals surface area (Å²) in [4.78, 5) is 37.7. The van der Waals surface area contributed by atoms with Crippen LogP contribution in [-0.4, -0.2) is 51.0 Å². The molecule has 0 bridgehead atoms. The van der Waals surface area contributed by atoms with Gasteiger partial charge in [-0.3, -0.25) is 4.79 Å². The van der Waals surface area contributed by atoms with Gasteiger partial charge in [-0.05, 0) is 11.1 Å². The van der Waals surface area contributed by atoms with Gasteiger partial charge in [0.25, 0.3) is 0 Å². The number of hydrogen-bond donors (Lipinski definition) is 2. The maximum absolute atomic E-state index is 11.7. The van der Waals surface area contributed by atoms with Crippen LogP contribution in [-0.2, 0) is 27.4 Å². The van der Waals surface area contributed by atoms with Gasteiger partial charge in [-0.2, -0.15) is 9.58 Å². The number of carbonyl (C=O) groups is 3. The third-order valence-electron chi connectivity index (χ3n) is 3.46. The number of carboxylic acid groups (broad SMARTS) is 1. The summed E-state index contributed by atoms with van der Waals surface area (Å²) in [6.45, 7) is 0.102. The van der Waals surface area contributed by atoms with Crippen molar-refractivity contribution >= 4 is 30.3 Å². The second kappa shape index (κ2) is 13.7. The van der Waals surface area contributed by atoms with Crippen molar-refractivity contribution in [1.82, 2.24) is 5.32 Å². The lowest BCUT2D eigenvalue weighted by atomic mass is 10.1. The van der Waals surface area contributed by atoms with Gasteiger partial charge in [0.2, 0.25) is 0 Å². The predicted octanol–water partition coefficient (Wildman–Crippen LogP) is 1.77. The molecule has 0 fully saturated rings. The van der Waals surface area contributed by atoms with Gasteiger partial charge in [0.15, 0.2) is 0 Å². The van der Waals surface area contributed by atoms with Gasteiger partial charge in [0, 0.05) is 6.42 Å². The van der Waals surface area contributed by atoms with Crippen LogP contribution in [0.3, 0.4) is 0 Å². The van der Waals surface area contributed by atoms with E-state index in [4.69, 9.17) is 15.8 Å². The Hall–Kier alpha value is -4.39. The number of benzene rings is 2. The summed E-state index contributed by atoms with van der Waals surface area (Å²) in [5.74, 6) is -1.77. The molecule has 2 N–H and O–H groups in total. The summed E-state index contributed by atoms with van der Waals surface area (Å²) in [6.07, 6.45) is 0.683. The van der Waals surface area contributed by atoms with E-state index in [1.807, 2.05) is 60.7 Å². The molecular formula is C20H19N5O5. The number of ketones is 1. The van der Waals surface area contributed by atoms with E-state index in [0.29, 0.717) is 12.4 Å². The fourth-order valence-corrected chi connectivity index (χ4v) is 2.10. The number of aliphatic carboxylic acids is 1. The molecule has 10 nitrogen and oxygen atoms in total. The first kappa shape index (κ1) is 23.6. The average molecular weight is 409 g/mol. The summed E-state index contributed by atoms with van der Waals surface area (Å²) >= 11 is 0. The van der Waals surface area contributed by atoms with Crippen molar-refractivity contribution in [2.24, 2.45) is 0 Å². The first-order chi connectivity index (χ1) is 14.5. The third kappa shape index (κ3) is 10.1. The maximum atomic E-state index is 11.7. The molecular weight excluding hydrogens is 390 g/mol. The van der Waals surface area contributed by atoms with Crippen LogP contribution in [0.15, 0.2) is 60.7 Å². The van der Waals surface area contributed by atoms with Crippen LogP contribution in [0.1, 0.15) is 11.1 Å². The van der Waals surface area contributed by atoms with E-state index in [1.54, 1.807) is 0 Å². The van der Waals surface area contributed by atoms with Crippen molar-refractivity contribution < 1.29 is 33.8 Å². The lowest BCUT2D eigenvalue weighted by Gasteiger charge is -2.14. The van der Waals surface area contributed by atoms with Crippen molar-refractivity contribution in [3.05, 3.63) is 82.9 Å². The minimum Gasteiger partial charge on any atom is -0.480 e. The number of nitrogens with one attached hydrogen (secondary N) is 1. The molecule has 10 heteroatoms. The van der Waals surface area contributed by atoms with Gasteiger partial charge in [-0.25, -0.2) is 9.59 Å². The monoisotopic (exact) mass is 409 g/mol. The molecule has 0 saturated carbocycles. The number of amides is 1. The number of ether oxygens (including phenoxy) is 1. The van der Waals surface area contributed by atoms with E-state index in [0.717, 1.165) is 11.1 Å². The van der Waals surface area contributed by atoms with Crippen LogP contribution >= 0.6 is 0 Å². The van der Waals surface area contributed by atoms with Gasteiger partial charge in [0.05, 0.1) is 0 Å². The second-order valence-electron chi connectivity index (χ2n) is 5.68. The van der Waals surface area contributed by atoms with E-state index in [-0.39, 0.29) is 13.0 Å². The molecule has 0 aliphatic rings. The Morgan fingerprint density at radius 2 is 1.43 bits per heavy atom. The Balaban J connectivity index is 0.000000479. The zero-order valence-electron chi connectivity index (χ0n) is 15.8. The fourth-order valence-electron chi connectivity index (χ4n) is 2.10. The number of hydrogen-bond acceptors (Lipinski definition) is 4. The van der Waals surface area contributed by atoms with Crippen molar-refractivity contribution in [3.8, 4) is 0 Å².